The van der Waals surface area contributed by atoms with E-state index in [0.717, 1.165) is 6.20 Å². The van der Waals surface area contributed by atoms with Crippen LogP contribution in [0.4, 0.5) is 14.9 Å². The van der Waals surface area contributed by atoms with Gasteiger partial charge in [-0.05, 0) is 49.3 Å². The van der Waals surface area contributed by atoms with Gasteiger partial charge in [-0.2, -0.15) is 0 Å². The van der Waals surface area contributed by atoms with Crippen LogP contribution in [0.3, 0.4) is 0 Å². The lowest BCUT2D eigenvalue weighted by Gasteiger charge is -2.19. The van der Waals surface area contributed by atoms with Crippen molar-refractivity contribution < 1.29 is 23.5 Å². The average molecular weight is 598 g/mol. The zero-order valence-electron chi connectivity index (χ0n) is 25.7. The van der Waals surface area contributed by atoms with Crippen LogP contribution in [0.1, 0.15) is 63.7 Å². The molecule has 3 rings (SSSR count). The lowest BCUT2D eigenvalue weighted by molar-refractivity contribution is -0.123. The summed E-state index contributed by atoms with van der Waals surface area (Å²) >= 11 is 0. The molecular weight excluding hydrogens is 557 g/mol. The van der Waals surface area contributed by atoms with E-state index in [1.54, 1.807) is 26.2 Å². The third kappa shape index (κ3) is 8.49. The molecule has 232 valence electrons. The van der Waals surface area contributed by atoms with E-state index in [0.29, 0.717) is 35.6 Å². The number of allylic oxidation sites excluding steroid dienone is 1. The number of anilines is 1. The first-order chi connectivity index (χ1) is 20.3. The maximum Gasteiger partial charge on any atom is 0.407 e. The first kappa shape index (κ1) is 33.0. The van der Waals surface area contributed by atoms with Gasteiger partial charge in [-0.3, -0.25) is 19.4 Å². The van der Waals surface area contributed by atoms with Crippen LogP contribution in [-0.4, -0.2) is 69.6 Å². The second kappa shape index (κ2) is 14.6. The lowest BCUT2D eigenvalue weighted by Crippen LogP contribution is -2.44. The van der Waals surface area contributed by atoms with Crippen LogP contribution in [0.2, 0.25) is 0 Å². The molecule has 0 fully saturated rings. The fraction of sp³-hybridized carbons (Fsp3) is 0.467. The predicted octanol–water partition coefficient (Wildman–Crippen LogP) is 3.72. The maximum absolute atomic E-state index is 14.6. The molecule has 0 bridgehead atoms. The van der Waals surface area contributed by atoms with Gasteiger partial charge in [0.2, 0.25) is 11.8 Å². The number of ether oxygens (including phenoxy) is 1. The Kier molecular flexibility index (Phi) is 11.2. The summed E-state index contributed by atoms with van der Waals surface area (Å²) in [5.74, 6) is -0.808. The number of nitrogens with one attached hydrogen (secondary N) is 3. The van der Waals surface area contributed by atoms with Gasteiger partial charge in [-0.1, -0.05) is 33.8 Å². The number of alkyl carbamates (subject to hydrolysis) is 1. The highest BCUT2D eigenvalue weighted by Gasteiger charge is 2.23. The molecule has 3 amide bonds. The highest BCUT2D eigenvalue weighted by molar-refractivity contribution is 5.96. The van der Waals surface area contributed by atoms with Gasteiger partial charge in [0.25, 0.3) is 5.56 Å². The monoisotopic (exact) mass is 597 g/mol. The normalized spacial score (nSPS) is 12.2. The SMILES string of the molecule is COC(=O)N[C@@H](CC/C=C/C(=O)N(C)C)C(=O)Nc1ccc(C(C)C)n(Cc2nc3c(F)cnc(CC(C)C)c3[nH]2)c1=O. The Morgan fingerprint density at radius 3 is 2.53 bits per heavy atom. The Morgan fingerprint density at radius 2 is 1.91 bits per heavy atom. The van der Waals surface area contributed by atoms with E-state index < -0.39 is 29.4 Å². The number of halogens is 1. The van der Waals surface area contributed by atoms with E-state index in [9.17, 15) is 23.6 Å². The first-order valence-corrected chi connectivity index (χ1v) is 14.1. The molecule has 0 radical (unpaired) electrons. The molecule has 13 heteroatoms. The van der Waals surface area contributed by atoms with Crippen LogP contribution in [-0.2, 0) is 27.3 Å². The highest BCUT2D eigenvalue weighted by atomic mass is 19.1. The maximum atomic E-state index is 14.6. The minimum absolute atomic E-state index is 0.000166. The van der Waals surface area contributed by atoms with Gasteiger partial charge in [0, 0.05) is 19.8 Å². The molecule has 3 aromatic heterocycles. The van der Waals surface area contributed by atoms with Gasteiger partial charge in [0.05, 0.1) is 31.1 Å². The van der Waals surface area contributed by atoms with E-state index >= 15 is 0 Å². The number of carbonyl (C=O) groups is 3. The minimum atomic E-state index is -1.05. The van der Waals surface area contributed by atoms with Crippen molar-refractivity contribution in [1.29, 1.82) is 0 Å². The van der Waals surface area contributed by atoms with E-state index in [1.807, 2.05) is 27.7 Å². The van der Waals surface area contributed by atoms with Gasteiger partial charge in [-0.15, -0.1) is 0 Å². The standard InChI is InChI=1S/C30H40FN7O5/c1-17(2)14-22-27-26(19(31)15-32-22)35-24(36-27)16-38-23(18(3)4)13-12-21(29(38)41)33-28(40)20(34-30(42)43-7)10-8-9-11-25(39)37(5)6/h9,11-13,15,17-18,20H,8,10,14,16H2,1-7H3,(H,33,40)(H,34,42)(H,35,36)/b11-9+/t20-/m0/s1. The lowest BCUT2D eigenvalue weighted by atomic mass is 10.1. The number of amides is 3. The van der Waals surface area contributed by atoms with Crippen LogP contribution in [0.5, 0.6) is 0 Å². The second-order valence-electron chi connectivity index (χ2n) is 11.2. The molecule has 3 aromatic rings. The number of rotatable bonds is 12. The van der Waals surface area contributed by atoms with Crippen LogP contribution >= 0.6 is 0 Å². The first-order valence-electron chi connectivity index (χ1n) is 14.1. The van der Waals surface area contributed by atoms with Gasteiger partial charge in [0.1, 0.15) is 23.1 Å². The largest absolute Gasteiger partial charge is 0.453 e. The number of methoxy groups -OCH3 is 1. The van der Waals surface area contributed by atoms with Crippen molar-refractivity contribution in [3.8, 4) is 0 Å². The summed E-state index contributed by atoms with van der Waals surface area (Å²) in [6.07, 6.45) is 4.39. The molecule has 0 aromatic carbocycles. The van der Waals surface area contributed by atoms with Crippen LogP contribution < -0.4 is 16.2 Å². The van der Waals surface area contributed by atoms with Gasteiger partial charge in [0.15, 0.2) is 5.82 Å². The summed E-state index contributed by atoms with van der Waals surface area (Å²) in [5.41, 5.74) is 1.52. The number of aromatic nitrogens is 4. The van der Waals surface area contributed by atoms with E-state index in [1.165, 1.54) is 28.7 Å². The molecule has 3 heterocycles. The number of hydrogen-bond acceptors (Lipinski definition) is 7. The van der Waals surface area contributed by atoms with Crippen LogP contribution in [0, 0.1) is 11.7 Å². The van der Waals surface area contributed by atoms with Crippen LogP contribution in [0.25, 0.3) is 11.0 Å². The van der Waals surface area contributed by atoms with Crippen molar-refractivity contribution in [3.63, 3.8) is 0 Å². The zero-order chi connectivity index (χ0) is 31.8. The van der Waals surface area contributed by atoms with Crippen molar-refractivity contribution in [2.45, 2.75) is 65.5 Å². The smallest absolute Gasteiger partial charge is 0.407 e. The van der Waals surface area contributed by atoms with Gasteiger partial charge >= 0.3 is 6.09 Å². The predicted molar refractivity (Wildman–Crippen MR) is 161 cm³/mol. The molecule has 3 N–H and O–H groups in total. The van der Waals surface area contributed by atoms with Gasteiger partial charge < -0.3 is 29.8 Å². The number of carbonyl (C=O) groups excluding carboxylic acids is 3. The van der Waals surface area contributed by atoms with Crippen molar-refractivity contribution >= 4 is 34.6 Å². The molecule has 43 heavy (non-hydrogen) atoms. The number of H-pyrrole nitrogens is 1. The summed E-state index contributed by atoms with van der Waals surface area (Å²) < 4.78 is 20.7. The van der Waals surface area contributed by atoms with E-state index in [2.05, 4.69) is 30.3 Å². The molecule has 0 saturated heterocycles. The molecular formula is C30H40FN7O5. The van der Waals surface area contributed by atoms with Crippen LogP contribution in [0.15, 0.2) is 35.3 Å². The average Bonchev–Trinajstić information content (AvgIpc) is 3.38. The van der Waals surface area contributed by atoms with Crippen molar-refractivity contribution in [2.24, 2.45) is 5.92 Å². The molecule has 0 aliphatic rings. The molecule has 12 nitrogen and oxygen atoms in total. The molecule has 0 aliphatic heterocycles. The number of likely N-dealkylation sites (N-methyl/N-ethyl adjacent to an activating group) is 1. The summed E-state index contributed by atoms with van der Waals surface area (Å²) in [7, 11) is 4.41. The number of aromatic amines is 1. The third-order valence-electron chi connectivity index (χ3n) is 6.69. The number of imidazole rings is 1. The van der Waals surface area contributed by atoms with Crippen molar-refractivity contribution in [2.75, 3.05) is 26.5 Å². The Hall–Kier alpha value is -4.55. The molecule has 0 spiro atoms. The highest BCUT2D eigenvalue weighted by Crippen LogP contribution is 2.22. The molecule has 0 unspecified atom stereocenters. The topological polar surface area (TPSA) is 151 Å². The minimum Gasteiger partial charge on any atom is -0.453 e. The van der Waals surface area contributed by atoms with E-state index in [4.69, 9.17) is 0 Å². The Morgan fingerprint density at radius 1 is 1.19 bits per heavy atom. The summed E-state index contributed by atoms with van der Waals surface area (Å²) in [5, 5.41) is 5.10. The van der Waals surface area contributed by atoms with E-state index in [-0.39, 0.29) is 41.9 Å². The quantitative estimate of drug-likeness (QED) is 0.269. The molecule has 0 aliphatic carbocycles. The summed E-state index contributed by atoms with van der Waals surface area (Å²) in [6.45, 7) is 7.93. The van der Waals surface area contributed by atoms with Crippen molar-refractivity contribution in [3.05, 3.63) is 63.9 Å². The Bertz CT molecular complexity index is 1560. The second-order valence-corrected chi connectivity index (χ2v) is 11.2. The van der Waals surface area contributed by atoms with Gasteiger partial charge in [-0.25, -0.2) is 14.2 Å². The summed E-state index contributed by atoms with van der Waals surface area (Å²) in [6, 6.07) is 2.20. The summed E-state index contributed by atoms with van der Waals surface area (Å²) in [4.78, 5) is 63.9. The molecule has 0 saturated carbocycles. The number of fused-ring (bicyclic) bond motifs is 1. The Labute approximate surface area is 249 Å². The zero-order valence-corrected chi connectivity index (χ0v) is 25.7. The fourth-order valence-corrected chi connectivity index (χ4v) is 4.47. The van der Waals surface area contributed by atoms with Crippen molar-refractivity contribution in [1.82, 2.24) is 29.7 Å². The number of pyridine rings is 2. The number of hydrogen-bond donors (Lipinski definition) is 3. The molecule has 1 atom stereocenters. The Balaban J connectivity index is 1.91. The third-order valence-corrected chi connectivity index (χ3v) is 6.69. The fourth-order valence-electron chi connectivity index (χ4n) is 4.47. The number of nitrogens with zero attached hydrogens (tertiary/aromatic N) is 4.